The van der Waals surface area contributed by atoms with Crippen LogP contribution in [0.4, 0.5) is 17.6 Å². The van der Waals surface area contributed by atoms with Crippen molar-refractivity contribution in [2.24, 2.45) is 11.7 Å². The maximum atomic E-state index is 13.9. The Balaban J connectivity index is 1.95. The van der Waals surface area contributed by atoms with Gasteiger partial charge in [0.25, 0.3) is 0 Å². The third kappa shape index (κ3) is 8.04. The number of aliphatic hydroxyl groups is 1. The molecule has 1 atom stereocenters. The normalized spacial score (nSPS) is 12.1. The number of rotatable bonds is 15. The quantitative estimate of drug-likeness (QED) is 0.135. The number of nitrogens with zero attached hydrogens (tertiary/aromatic N) is 1. The summed E-state index contributed by atoms with van der Waals surface area (Å²) >= 11 is 0. The first-order valence-electron chi connectivity index (χ1n) is 13.1. The zero-order chi connectivity index (χ0) is 30.9. The summed E-state index contributed by atoms with van der Waals surface area (Å²) in [4.78, 5) is 31.2. The molecule has 42 heavy (non-hydrogen) atoms. The van der Waals surface area contributed by atoms with Crippen LogP contribution in [-0.2, 0) is 6.18 Å². The lowest BCUT2D eigenvalue weighted by Gasteiger charge is -2.17. The van der Waals surface area contributed by atoms with E-state index >= 15 is 0 Å². The number of halogens is 4. The minimum absolute atomic E-state index is 0.0354. The summed E-state index contributed by atoms with van der Waals surface area (Å²) in [7, 11) is 2.69. The van der Waals surface area contributed by atoms with Crippen LogP contribution in [0.25, 0.3) is 11.3 Å². The maximum Gasteiger partial charge on any atom is 0.419 e. The number of hydrogen-bond acceptors (Lipinski definition) is 8. The number of ether oxygens (including phenoxy) is 3. The van der Waals surface area contributed by atoms with E-state index in [1.165, 1.54) is 44.6 Å². The summed E-state index contributed by atoms with van der Waals surface area (Å²) in [6, 6.07) is 9.70. The van der Waals surface area contributed by atoms with E-state index in [0.717, 1.165) is 6.07 Å². The fraction of sp³-hybridized carbons (Fsp3) is 0.367. The SMILES string of the molecule is COc1cc(C(=O)C[C@H](CCCCN)C(=O)c2ccc(OC)c(-c3ccc(F)c(C(F)(F)F)c3)n2)ccc1OCCO. The highest BCUT2D eigenvalue weighted by atomic mass is 19.4. The zero-order valence-corrected chi connectivity index (χ0v) is 23.2. The summed E-state index contributed by atoms with van der Waals surface area (Å²) in [5.41, 5.74) is 4.15. The first kappa shape index (κ1) is 32.5. The monoisotopic (exact) mass is 592 g/mol. The van der Waals surface area contributed by atoms with Gasteiger partial charge in [0.05, 0.1) is 26.4 Å². The number of methoxy groups -OCH3 is 2. The minimum atomic E-state index is -4.94. The molecule has 12 heteroatoms. The molecule has 0 aliphatic rings. The van der Waals surface area contributed by atoms with Gasteiger partial charge < -0.3 is 25.1 Å². The van der Waals surface area contributed by atoms with Crippen LogP contribution in [0.5, 0.6) is 17.2 Å². The first-order valence-corrected chi connectivity index (χ1v) is 13.1. The number of benzene rings is 2. The molecule has 2 aromatic carbocycles. The number of ketones is 2. The van der Waals surface area contributed by atoms with Crippen molar-refractivity contribution in [1.29, 1.82) is 0 Å². The number of carbonyl (C=O) groups is 2. The fourth-order valence-corrected chi connectivity index (χ4v) is 4.37. The van der Waals surface area contributed by atoms with E-state index in [9.17, 15) is 27.2 Å². The number of unbranched alkanes of at least 4 members (excludes halogenated alkanes) is 1. The molecule has 0 aliphatic carbocycles. The van der Waals surface area contributed by atoms with Crippen molar-refractivity contribution < 1.29 is 46.5 Å². The van der Waals surface area contributed by atoms with Gasteiger partial charge in [-0.25, -0.2) is 9.37 Å². The third-order valence-corrected chi connectivity index (χ3v) is 6.52. The second kappa shape index (κ2) is 14.7. The lowest BCUT2D eigenvalue weighted by Crippen LogP contribution is -2.21. The molecule has 226 valence electrons. The molecular formula is C30H32F4N2O6. The number of hydrogen-bond donors (Lipinski definition) is 2. The molecule has 8 nitrogen and oxygen atoms in total. The summed E-state index contributed by atoms with van der Waals surface area (Å²) in [5.74, 6) is -2.40. The van der Waals surface area contributed by atoms with Crippen molar-refractivity contribution in [1.82, 2.24) is 4.98 Å². The summed E-state index contributed by atoms with van der Waals surface area (Å²) in [6.07, 6.45) is -3.65. The predicted octanol–water partition coefficient (Wildman–Crippen LogP) is 5.50. The predicted molar refractivity (Wildman–Crippen MR) is 146 cm³/mol. The molecule has 0 unspecified atom stereocenters. The molecule has 3 rings (SSSR count). The van der Waals surface area contributed by atoms with Crippen LogP contribution in [-0.4, -0.2) is 55.6 Å². The van der Waals surface area contributed by atoms with E-state index in [4.69, 9.17) is 25.1 Å². The molecule has 0 saturated heterocycles. The van der Waals surface area contributed by atoms with Crippen LogP contribution < -0.4 is 19.9 Å². The van der Waals surface area contributed by atoms with Crippen LogP contribution in [0, 0.1) is 11.7 Å². The van der Waals surface area contributed by atoms with Crippen molar-refractivity contribution in [2.75, 3.05) is 34.0 Å². The van der Waals surface area contributed by atoms with Crippen molar-refractivity contribution in [3.8, 4) is 28.5 Å². The van der Waals surface area contributed by atoms with Gasteiger partial charge in [-0.2, -0.15) is 13.2 Å². The Labute approximate surface area is 240 Å². The summed E-state index contributed by atoms with van der Waals surface area (Å²) < 4.78 is 70.0. The van der Waals surface area contributed by atoms with E-state index in [1.54, 1.807) is 0 Å². The molecule has 0 bridgehead atoms. The van der Waals surface area contributed by atoms with E-state index < -0.39 is 29.3 Å². The molecule has 1 aromatic heterocycles. The standard InChI is InChI=1S/C30H32F4N2O6/c1-40-26-11-9-23(36-28(26)19-6-8-22(31)21(15-19)30(32,33)34)29(39)20(5-3-4-12-35)16-24(38)18-7-10-25(42-14-13-37)27(17-18)41-2/h6-11,15,17,20,37H,3-5,12-14,16,35H2,1-2H3/t20-/m0/s1. The third-order valence-electron chi connectivity index (χ3n) is 6.52. The molecular weight excluding hydrogens is 560 g/mol. The average molecular weight is 593 g/mol. The van der Waals surface area contributed by atoms with Crippen molar-refractivity contribution in [2.45, 2.75) is 31.9 Å². The lowest BCUT2D eigenvalue weighted by molar-refractivity contribution is -0.139. The van der Waals surface area contributed by atoms with Crippen LogP contribution in [0.2, 0.25) is 0 Å². The van der Waals surface area contributed by atoms with Crippen LogP contribution in [0.15, 0.2) is 48.5 Å². The number of carbonyl (C=O) groups excluding carboxylic acids is 2. The van der Waals surface area contributed by atoms with Gasteiger partial charge >= 0.3 is 6.18 Å². The van der Waals surface area contributed by atoms with E-state index in [-0.39, 0.29) is 59.4 Å². The minimum Gasteiger partial charge on any atom is -0.494 e. The van der Waals surface area contributed by atoms with E-state index in [2.05, 4.69) is 4.98 Å². The highest BCUT2D eigenvalue weighted by Crippen LogP contribution is 2.37. The number of aromatic nitrogens is 1. The molecule has 0 amide bonds. The largest absolute Gasteiger partial charge is 0.494 e. The van der Waals surface area contributed by atoms with Gasteiger partial charge in [0.15, 0.2) is 23.1 Å². The molecule has 0 saturated carbocycles. The van der Waals surface area contributed by atoms with Crippen LogP contribution in [0.1, 0.15) is 52.1 Å². The second-order valence-corrected chi connectivity index (χ2v) is 9.35. The Kier molecular flexibility index (Phi) is 11.4. The molecule has 3 N–H and O–H groups in total. The first-order chi connectivity index (χ1) is 20.0. The molecule has 0 spiro atoms. The number of Topliss-reactive ketones (excluding diaryl/α,β-unsaturated/α-hetero) is 2. The smallest absolute Gasteiger partial charge is 0.419 e. The molecule has 1 heterocycles. The van der Waals surface area contributed by atoms with Crippen LogP contribution in [0.3, 0.4) is 0 Å². The zero-order valence-electron chi connectivity index (χ0n) is 23.2. The van der Waals surface area contributed by atoms with Gasteiger partial charge in [0.2, 0.25) is 0 Å². The van der Waals surface area contributed by atoms with Gasteiger partial charge in [0, 0.05) is 23.5 Å². The van der Waals surface area contributed by atoms with Gasteiger partial charge in [-0.3, -0.25) is 9.59 Å². The topological polar surface area (TPSA) is 121 Å². The van der Waals surface area contributed by atoms with Crippen molar-refractivity contribution >= 4 is 11.6 Å². The summed E-state index contributed by atoms with van der Waals surface area (Å²) in [5, 5.41) is 9.00. The Bertz CT molecular complexity index is 1400. The fourth-order valence-electron chi connectivity index (χ4n) is 4.37. The maximum absolute atomic E-state index is 13.9. The second-order valence-electron chi connectivity index (χ2n) is 9.35. The Hall–Kier alpha value is -4.03. The van der Waals surface area contributed by atoms with Crippen molar-refractivity contribution in [3.63, 3.8) is 0 Å². The number of alkyl halides is 3. The van der Waals surface area contributed by atoms with Gasteiger partial charge in [-0.15, -0.1) is 0 Å². The highest BCUT2D eigenvalue weighted by Gasteiger charge is 2.35. The van der Waals surface area contributed by atoms with Gasteiger partial charge in [-0.05, 0) is 67.9 Å². The van der Waals surface area contributed by atoms with Crippen molar-refractivity contribution in [3.05, 3.63) is 71.2 Å². The van der Waals surface area contributed by atoms with E-state index in [1.807, 2.05) is 0 Å². The highest BCUT2D eigenvalue weighted by molar-refractivity contribution is 6.03. The summed E-state index contributed by atoms with van der Waals surface area (Å²) in [6.45, 7) is 0.217. The number of pyridine rings is 1. The van der Waals surface area contributed by atoms with Gasteiger partial charge in [0.1, 0.15) is 29.6 Å². The molecule has 0 radical (unpaired) electrons. The Morgan fingerprint density at radius 2 is 1.69 bits per heavy atom. The average Bonchev–Trinajstić information content (AvgIpc) is 2.98. The van der Waals surface area contributed by atoms with Gasteiger partial charge in [-0.1, -0.05) is 6.42 Å². The Morgan fingerprint density at radius 1 is 0.976 bits per heavy atom. The molecule has 3 aromatic rings. The molecule has 0 fully saturated rings. The lowest BCUT2D eigenvalue weighted by atomic mass is 9.88. The number of nitrogens with two attached hydrogens (primary N) is 1. The van der Waals surface area contributed by atoms with Crippen LogP contribution >= 0.6 is 0 Å². The Morgan fingerprint density at radius 3 is 2.33 bits per heavy atom. The molecule has 0 aliphatic heterocycles. The van der Waals surface area contributed by atoms with E-state index in [0.29, 0.717) is 43.7 Å². The number of aliphatic hydroxyl groups excluding tert-OH is 1.